The average molecular weight is 394 g/mol. The van der Waals surface area contributed by atoms with Gasteiger partial charge in [-0.3, -0.25) is 14.3 Å². The first-order valence-electron chi connectivity index (χ1n) is 8.61. The Morgan fingerprint density at radius 2 is 1.79 bits per heavy atom. The first-order valence-corrected chi connectivity index (χ1v) is 8.99. The van der Waals surface area contributed by atoms with Gasteiger partial charge in [0.05, 0.1) is 24.5 Å². The molecule has 0 aliphatic heterocycles. The van der Waals surface area contributed by atoms with Crippen LogP contribution in [0.25, 0.3) is 10.9 Å². The Balaban J connectivity index is 1.51. The molecule has 0 fully saturated rings. The van der Waals surface area contributed by atoms with Crippen LogP contribution in [0.1, 0.15) is 5.56 Å². The third-order valence-corrected chi connectivity index (χ3v) is 4.54. The number of nitrogens with one attached hydrogen (secondary N) is 1. The number of hydrogen-bond donors (Lipinski definition) is 1. The van der Waals surface area contributed by atoms with Crippen LogP contribution in [0, 0.1) is 0 Å². The number of hydrogen-bond acceptors (Lipinski definition) is 4. The van der Waals surface area contributed by atoms with Gasteiger partial charge in [-0.1, -0.05) is 35.9 Å². The van der Waals surface area contributed by atoms with Gasteiger partial charge in [-0.15, -0.1) is 0 Å². The van der Waals surface area contributed by atoms with Crippen LogP contribution in [0.3, 0.4) is 0 Å². The van der Waals surface area contributed by atoms with E-state index in [2.05, 4.69) is 15.5 Å². The van der Waals surface area contributed by atoms with Crippen molar-refractivity contribution in [2.45, 2.75) is 13.1 Å². The molecule has 0 atom stereocenters. The van der Waals surface area contributed by atoms with Crippen molar-refractivity contribution in [2.75, 3.05) is 5.32 Å². The van der Waals surface area contributed by atoms with E-state index >= 15 is 0 Å². The fourth-order valence-corrected chi connectivity index (χ4v) is 3.06. The van der Waals surface area contributed by atoms with Gasteiger partial charge in [0, 0.05) is 16.5 Å². The van der Waals surface area contributed by atoms with E-state index < -0.39 is 0 Å². The predicted octanol–water partition coefficient (Wildman–Crippen LogP) is 2.93. The number of benzene rings is 2. The lowest BCUT2D eigenvalue weighted by molar-refractivity contribution is -0.116. The number of para-hydroxylation sites is 1. The Bertz CT molecular complexity index is 1200. The zero-order valence-corrected chi connectivity index (χ0v) is 15.5. The molecule has 0 saturated carbocycles. The zero-order valence-electron chi connectivity index (χ0n) is 14.7. The predicted molar refractivity (Wildman–Crippen MR) is 107 cm³/mol. The maximum Gasteiger partial charge on any atom is 0.247 e. The van der Waals surface area contributed by atoms with Crippen LogP contribution in [0.15, 0.2) is 71.8 Å². The number of halogens is 1. The van der Waals surface area contributed by atoms with Crippen LogP contribution < -0.4 is 10.7 Å². The molecule has 0 bridgehead atoms. The highest BCUT2D eigenvalue weighted by molar-refractivity contribution is 6.30. The third kappa shape index (κ3) is 3.79. The fraction of sp³-hybridized carbons (Fsp3) is 0.100. The number of carbonyl (C=O) groups is 1. The van der Waals surface area contributed by atoms with Gasteiger partial charge in [0.2, 0.25) is 11.3 Å². The molecule has 1 amide bonds. The molecule has 4 rings (SSSR count). The van der Waals surface area contributed by atoms with Gasteiger partial charge in [0.25, 0.3) is 0 Å². The van der Waals surface area contributed by atoms with Crippen molar-refractivity contribution in [3.8, 4) is 0 Å². The minimum absolute atomic E-state index is 0.0209. The molecule has 2 aromatic heterocycles. The van der Waals surface area contributed by atoms with Crippen molar-refractivity contribution in [1.82, 2.24) is 19.6 Å². The Hall–Kier alpha value is -3.45. The number of rotatable bonds is 5. The summed E-state index contributed by atoms with van der Waals surface area (Å²) in [5.74, 6) is 0.310. The van der Waals surface area contributed by atoms with E-state index in [-0.39, 0.29) is 17.9 Å². The molecule has 0 aliphatic carbocycles. The summed E-state index contributed by atoms with van der Waals surface area (Å²) in [4.78, 5) is 24.5. The second-order valence-corrected chi connectivity index (χ2v) is 6.67. The molecule has 0 unspecified atom stereocenters. The summed E-state index contributed by atoms with van der Waals surface area (Å²) in [7, 11) is 0. The quantitative estimate of drug-likeness (QED) is 0.565. The minimum atomic E-state index is -0.265. The highest BCUT2D eigenvalue weighted by Crippen LogP contribution is 2.14. The summed E-state index contributed by atoms with van der Waals surface area (Å²) in [6, 6.07) is 16.2. The first kappa shape index (κ1) is 17.9. The van der Waals surface area contributed by atoms with E-state index in [0.29, 0.717) is 28.3 Å². The third-order valence-electron chi connectivity index (χ3n) is 4.28. The minimum Gasteiger partial charge on any atom is -0.309 e. The Labute approximate surface area is 165 Å². The van der Waals surface area contributed by atoms with Gasteiger partial charge in [-0.05, 0) is 29.8 Å². The largest absolute Gasteiger partial charge is 0.309 e. The van der Waals surface area contributed by atoms with Crippen molar-refractivity contribution in [2.24, 2.45) is 0 Å². The normalized spacial score (nSPS) is 10.9. The number of amides is 1. The molecule has 7 nitrogen and oxygen atoms in total. The second kappa shape index (κ2) is 7.66. The van der Waals surface area contributed by atoms with Crippen LogP contribution in [0.5, 0.6) is 0 Å². The molecular formula is C20H16ClN5O2. The second-order valence-electron chi connectivity index (χ2n) is 6.23. The molecule has 28 heavy (non-hydrogen) atoms. The van der Waals surface area contributed by atoms with E-state index in [1.54, 1.807) is 41.2 Å². The Kier molecular flexibility index (Phi) is 4.90. The maximum absolute atomic E-state index is 12.5. The monoisotopic (exact) mass is 393 g/mol. The van der Waals surface area contributed by atoms with Crippen molar-refractivity contribution in [1.29, 1.82) is 0 Å². The molecule has 0 spiro atoms. The van der Waals surface area contributed by atoms with Crippen molar-refractivity contribution >= 4 is 34.2 Å². The van der Waals surface area contributed by atoms with Crippen LogP contribution in [0.2, 0.25) is 5.02 Å². The summed E-state index contributed by atoms with van der Waals surface area (Å²) in [5.41, 5.74) is 1.45. The summed E-state index contributed by atoms with van der Waals surface area (Å²) in [6.45, 7) is 0.478. The molecule has 4 aromatic rings. The lowest BCUT2D eigenvalue weighted by Gasteiger charge is -2.11. The lowest BCUT2D eigenvalue weighted by Crippen LogP contribution is -2.23. The highest BCUT2D eigenvalue weighted by atomic mass is 35.5. The van der Waals surface area contributed by atoms with E-state index in [4.69, 9.17) is 11.6 Å². The summed E-state index contributed by atoms with van der Waals surface area (Å²) in [6.07, 6.45) is 2.85. The van der Waals surface area contributed by atoms with Crippen molar-refractivity contribution < 1.29 is 4.79 Å². The Morgan fingerprint density at radius 3 is 2.61 bits per heavy atom. The molecule has 2 heterocycles. The van der Waals surface area contributed by atoms with Gasteiger partial charge in [0.1, 0.15) is 12.4 Å². The highest BCUT2D eigenvalue weighted by Gasteiger charge is 2.11. The van der Waals surface area contributed by atoms with Gasteiger partial charge in [-0.25, -0.2) is 4.68 Å². The molecular weight excluding hydrogens is 378 g/mol. The maximum atomic E-state index is 12.5. The molecule has 2 aromatic carbocycles. The summed E-state index contributed by atoms with van der Waals surface area (Å²) in [5, 5.41) is 12.4. The van der Waals surface area contributed by atoms with Crippen molar-refractivity contribution in [3.63, 3.8) is 0 Å². The van der Waals surface area contributed by atoms with Gasteiger partial charge >= 0.3 is 0 Å². The van der Waals surface area contributed by atoms with Crippen LogP contribution in [-0.2, 0) is 17.9 Å². The van der Waals surface area contributed by atoms with E-state index in [1.807, 2.05) is 24.3 Å². The molecule has 8 heteroatoms. The van der Waals surface area contributed by atoms with E-state index in [0.717, 1.165) is 5.56 Å². The number of carbonyl (C=O) groups excluding carboxylic acids is 1. The number of aromatic nitrogens is 4. The molecule has 0 saturated heterocycles. The zero-order chi connectivity index (χ0) is 19.5. The number of fused-ring (bicyclic) bond motifs is 1. The fourth-order valence-electron chi connectivity index (χ4n) is 2.93. The van der Waals surface area contributed by atoms with Crippen LogP contribution in [0.4, 0.5) is 5.82 Å². The van der Waals surface area contributed by atoms with Crippen LogP contribution >= 0.6 is 11.6 Å². The van der Waals surface area contributed by atoms with Crippen molar-refractivity contribution in [3.05, 3.63) is 87.8 Å². The standard InChI is InChI=1S/C20H16ClN5O2/c21-15-7-5-14(6-8-15)12-26-19(9-10-22-26)24-20(28)13-25-17-4-2-1-3-16(17)18(27)11-23-25/h1-11H,12-13H2,(H,24,28). The van der Waals surface area contributed by atoms with Gasteiger partial charge in [-0.2, -0.15) is 10.2 Å². The summed E-state index contributed by atoms with van der Waals surface area (Å²) < 4.78 is 3.20. The smallest absolute Gasteiger partial charge is 0.247 e. The number of anilines is 1. The van der Waals surface area contributed by atoms with E-state index in [9.17, 15) is 9.59 Å². The molecule has 0 aliphatic rings. The number of nitrogens with zero attached hydrogens (tertiary/aromatic N) is 4. The summed E-state index contributed by atoms with van der Waals surface area (Å²) >= 11 is 5.91. The van der Waals surface area contributed by atoms with Crippen LogP contribution in [-0.4, -0.2) is 25.5 Å². The first-order chi connectivity index (χ1) is 13.6. The van der Waals surface area contributed by atoms with Gasteiger partial charge < -0.3 is 5.32 Å². The molecule has 140 valence electrons. The molecule has 1 N–H and O–H groups in total. The molecule has 0 radical (unpaired) electrons. The average Bonchev–Trinajstić information content (AvgIpc) is 3.12. The topological polar surface area (TPSA) is 81.8 Å². The Morgan fingerprint density at radius 1 is 1.00 bits per heavy atom. The lowest BCUT2D eigenvalue weighted by atomic mass is 10.2. The van der Waals surface area contributed by atoms with Gasteiger partial charge in [0.15, 0.2) is 0 Å². The van der Waals surface area contributed by atoms with E-state index in [1.165, 1.54) is 10.9 Å². The SMILES string of the molecule is O=C(Cn1ncc(=O)c2ccccc21)Nc1ccnn1Cc1ccc(Cl)cc1.